The molecule has 1 aromatic rings. The van der Waals surface area contributed by atoms with Gasteiger partial charge >= 0.3 is 0 Å². The molecule has 0 amide bonds. The molecule has 16 heavy (non-hydrogen) atoms. The molecule has 82 valence electrons. The standard InChI is InChI=1S/C14H14ClN/c15-14-10-6-2-1-3-8-12(10)16-13-9-5-4-7-11(13)14/h2-3,6,8H,1,4-5,7,9H2. The predicted octanol–water partition coefficient (Wildman–Crippen LogP) is 4.04. The monoisotopic (exact) mass is 231 g/mol. The number of pyridine rings is 1. The van der Waals surface area contributed by atoms with Crippen molar-refractivity contribution in [3.8, 4) is 0 Å². The third kappa shape index (κ3) is 1.60. The van der Waals surface area contributed by atoms with E-state index in [9.17, 15) is 0 Å². The van der Waals surface area contributed by atoms with Crippen molar-refractivity contribution in [3.05, 3.63) is 39.7 Å². The average Bonchev–Trinajstić information content (AvgIpc) is 2.55. The number of fused-ring (bicyclic) bond motifs is 2. The summed E-state index contributed by atoms with van der Waals surface area (Å²) < 4.78 is 0. The summed E-state index contributed by atoms with van der Waals surface area (Å²) in [5.41, 5.74) is 4.65. The van der Waals surface area contributed by atoms with Crippen molar-refractivity contribution in [2.24, 2.45) is 0 Å². The lowest BCUT2D eigenvalue weighted by molar-refractivity contribution is 0.667. The van der Waals surface area contributed by atoms with Crippen LogP contribution >= 0.6 is 11.6 Å². The van der Waals surface area contributed by atoms with Crippen molar-refractivity contribution in [3.63, 3.8) is 0 Å². The second kappa shape index (κ2) is 4.06. The van der Waals surface area contributed by atoms with E-state index in [1.807, 2.05) is 0 Å². The maximum absolute atomic E-state index is 6.49. The van der Waals surface area contributed by atoms with Crippen molar-refractivity contribution in [1.82, 2.24) is 4.98 Å². The molecule has 2 aliphatic rings. The molecule has 1 heterocycles. The summed E-state index contributed by atoms with van der Waals surface area (Å²) >= 11 is 6.49. The van der Waals surface area contributed by atoms with E-state index in [1.54, 1.807) is 0 Å². The highest BCUT2D eigenvalue weighted by molar-refractivity contribution is 6.33. The van der Waals surface area contributed by atoms with Gasteiger partial charge in [-0.3, -0.25) is 4.98 Å². The van der Waals surface area contributed by atoms with Crippen molar-refractivity contribution in [1.29, 1.82) is 0 Å². The largest absolute Gasteiger partial charge is 0.252 e. The van der Waals surface area contributed by atoms with Crippen LogP contribution < -0.4 is 0 Å². The number of rotatable bonds is 0. The zero-order chi connectivity index (χ0) is 11.0. The van der Waals surface area contributed by atoms with Gasteiger partial charge in [-0.1, -0.05) is 29.8 Å². The normalized spacial score (nSPS) is 17.8. The number of nitrogens with zero attached hydrogens (tertiary/aromatic N) is 1. The van der Waals surface area contributed by atoms with Crippen molar-refractivity contribution < 1.29 is 0 Å². The lowest BCUT2D eigenvalue weighted by atomic mass is 9.93. The first kappa shape index (κ1) is 10.1. The number of aryl methyl sites for hydroxylation is 1. The summed E-state index contributed by atoms with van der Waals surface area (Å²) in [5, 5.41) is 0.933. The highest BCUT2D eigenvalue weighted by Crippen LogP contribution is 2.33. The second-order valence-corrected chi connectivity index (χ2v) is 4.78. The van der Waals surface area contributed by atoms with E-state index in [-0.39, 0.29) is 0 Å². The average molecular weight is 232 g/mol. The fourth-order valence-corrected chi connectivity index (χ4v) is 2.82. The van der Waals surface area contributed by atoms with E-state index in [4.69, 9.17) is 16.6 Å². The number of allylic oxidation sites excluding steroid dienone is 2. The summed E-state index contributed by atoms with van der Waals surface area (Å²) in [4.78, 5) is 4.75. The van der Waals surface area contributed by atoms with Gasteiger partial charge < -0.3 is 0 Å². The first-order chi connectivity index (χ1) is 7.86. The summed E-state index contributed by atoms with van der Waals surface area (Å²) in [6, 6.07) is 0. The van der Waals surface area contributed by atoms with Crippen LogP contribution in [0.4, 0.5) is 0 Å². The van der Waals surface area contributed by atoms with E-state index < -0.39 is 0 Å². The highest BCUT2D eigenvalue weighted by Gasteiger charge is 2.18. The highest BCUT2D eigenvalue weighted by atomic mass is 35.5. The maximum atomic E-state index is 6.49. The van der Waals surface area contributed by atoms with E-state index >= 15 is 0 Å². The van der Waals surface area contributed by atoms with Crippen LogP contribution in [0.15, 0.2) is 12.2 Å². The van der Waals surface area contributed by atoms with Gasteiger partial charge in [-0.25, -0.2) is 0 Å². The minimum absolute atomic E-state index is 0.933. The Morgan fingerprint density at radius 1 is 1.06 bits per heavy atom. The Kier molecular flexibility index (Phi) is 2.56. The fraction of sp³-hybridized carbons (Fsp3) is 0.357. The van der Waals surface area contributed by atoms with Gasteiger partial charge in [0.05, 0.1) is 10.7 Å². The minimum Gasteiger partial charge on any atom is -0.252 e. The molecule has 0 spiro atoms. The fourth-order valence-electron chi connectivity index (χ4n) is 2.46. The molecule has 3 rings (SSSR count). The van der Waals surface area contributed by atoms with Gasteiger partial charge in [-0.05, 0) is 43.7 Å². The summed E-state index contributed by atoms with van der Waals surface area (Å²) in [6.07, 6.45) is 14.1. The van der Waals surface area contributed by atoms with Crippen molar-refractivity contribution in [2.75, 3.05) is 0 Å². The quantitative estimate of drug-likeness (QED) is 0.657. The minimum atomic E-state index is 0.933. The number of hydrogen-bond acceptors (Lipinski definition) is 1. The van der Waals surface area contributed by atoms with E-state index in [1.165, 1.54) is 24.1 Å². The Balaban J connectivity index is 2.24. The summed E-state index contributed by atoms with van der Waals surface area (Å²) in [5.74, 6) is 0. The SMILES string of the molecule is Clc1c2c(nc3c1CCCC3)C=CCC=C2. The maximum Gasteiger partial charge on any atom is 0.0717 e. The first-order valence-corrected chi connectivity index (χ1v) is 6.28. The molecule has 1 nitrogen and oxygen atoms in total. The Labute approximate surface area is 101 Å². The molecule has 0 atom stereocenters. The zero-order valence-electron chi connectivity index (χ0n) is 9.17. The molecule has 0 aromatic carbocycles. The molecular formula is C14H14ClN. The third-order valence-electron chi connectivity index (χ3n) is 3.30. The van der Waals surface area contributed by atoms with Gasteiger partial charge in [0.2, 0.25) is 0 Å². The molecular weight excluding hydrogens is 218 g/mol. The third-order valence-corrected chi connectivity index (χ3v) is 3.74. The molecule has 0 bridgehead atoms. The van der Waals surface area contributed by atoms with Gasteiger partial charge in [0, 0.05) is 11.3 Å². The Bertz CT molecular complexity index is 486. The van der Waals surface area contributed by atoms with Crippen molar-refractivity contribution >= 4 is 23.8 Å². The molecule has 0 N–H and O–H groups in total. The van der Waals surface area contributed by atoms with E-state index in [2.05, 4.69) is 24.3 Å². The van der Waals surface area contributed by atoms with Gasteiger partial charge in [0.15, 0.2) is 0 Å². The van der Waals surface area contributed by atoms with Crippen LogP contribution in [0.1, 0.15) is 41.8 Å². The number of hydrogen-bond donors (Lipinski definition) is 0. The van der Waals surface area contributed by atoms with E-state index in [0.717, 1.165) is 35.5 Å². The molecule has 0 fully saturated rings. The summed E-state index contributed by atoms with van der Waals surface area (Å²) in [6.45, 7) is 0. The second-order valence-electron chi connectivity index (χ2n) is 4.40. The van der Waals surface area contributed by atoms with Crippen LogP contribution in [0.5, 0.6) is 0 Å². The first-order valence-electron chi connectivity index (χ1n) is 5.90. The molecule has 0 saturated heterocycles. The lowest BCUT2D eigenvalue weighted by Gasteiger charge is -2.18. The predicted molar refractivity (Wildman–Crippen MR) is 68.6 cm³/mol. The Morgan fingerprint density at radius 2 is 1.88 bits per heavy atom. The number of halogens is 1. The molecule has 0 unspecified atom stereocenters. The van der Waals surface area contributed by atoms with Crippen LogP contribution in [0.2, 0.25) is 5.02 Å². The summed E-state index contributed by atoms with van der Waals surface area (Å²) in [7, 11) is 0. The zero-order valence-corrected chi connectivity index (χ0v) is 9.93. The molecule has 0 radical (unpaired) electrons. The van der Waals surface area contributed by atoms with Crippen LogP contribution in [0, 0.1) is 0 Å². The smallest absolute Gasteiger partial charge is 0.0717 e. The van der Waals surface area contributed by atoms with Crippen LogP contribution in [0.25, 0.3) is 12.2 Å². The molecule has 1 aromatic heterocycles. The molecule has 0 aliphatic heterocycles. The van der Waals surface area contributed by atoms with Gasteiger partial charge in [-0.2, -0.15) is 0 Å². The van der Waals surface area contributed by atoms with Gasteiger partial charge in [-0.15, -0.1) is 0 Å². The molecule has 2 heteroatoms. The van der Waals surface area contributed by atoms with Crippen LogP contribution in [-0.4, -0.2) is 4.98 Å². The topological polar surface area (TPSA) is 12.9 Å². The van der Waals surface area contributed by atoms with Gasteiger partial charge in [0.25, 0.3) is 0 Å². The lowest BCUT2D eigenvalue weighted by Crippen LogP contribution is -2.08. The van der Waals surface area contributed by atoms with Crippen LogP contribution in [0.3, 0.4) is 0 Å². The van der Waals surface area contributed by atoms with Crippen molar-refractivity contribution in [2.45, 2.75) is 32.1 Å². The Hall–Kier alpha value is -1.08. The van der Waals surface area contributed by atoms with Gasteiger partial charge in [0.1, 0.15) is 0 Å². The molecule has 0 saturated carbocycles. The van der Waals surface area contributed by atoms with Crippen LogP contribution in [-0.2, 0) is 12.8 Å². The van der Waals surface area contributed by atoms with E-state index in [0.29, 0.717) is 0 Å². The Morgan fingerprint density at radius 3 is 2.81 bits per heavy atom. The number of aromatic nitrogens is 1. The molecule has 2 aliphatic carbocycles.